The van der Waals surface area contributed by atoms with Crippen molar-refractivity contribution in [2.45, 2.75) is 31.7 Å². The zero-order chi connectivity index (χ0) is 13.1. The second kappa shape index (κ2) is 5.89. The van der Waals surface area contributed by atoms with Crippen LogP contribution in [-0.4, -0.2) is 30.3 Å². The first-order chi connectivity index (χ1) is 7.91. The van der Waals surface area contributed by atoms with Gasteiger partial charge in [0.25, 0.3) is 0 Å². The highest BCUT2D eigenvalue weighted by atomic mass is 79.9. The van der Waals surface area contributed by atoms with Crippen LogP contribution in [0.15, 0.2) is 16.6 Å². The minimum absolute atomic E-state index is 0.257. The number of benzene rings is 1. The minimum atomic E-state index is -1.07. The van der Waals surface area contributed by atoms with Crippen molar-refractivity contribution in [2.75, 3.05) is 12.3 Å². The SMILES string of the molecule is [B]Cc1c(Br)ccc(CCC(C)(O)CO)c1N. The van der Waals surface area contributed by atoms with Gasteiger partial charge in [0.05, 0.1) is 20.1 Å². The number of nitrogens with two attached hydrogens (primary N) is 1. The van der Waals surface area contributed by atoms with E-state index >= 15 is 0 Å². The van der Waals surface area contributed by atoms with Crippen molar-refractivity contribution in [3.63, 3.8) is 0 Å². The van der Waals surface area contributed by atoms with Gasteiger partial charge in [0.2, 0.25) is 0 Å². The highest BCUT2D eigenvalue weighted by molar-refractivity contribution is 9.10. The van der Waals surface area contributed by atoms with E-state index in [9.17, 15) is 5.11 Å². The number of halogens is 1. The highest BCUT2D eigenvalue weighted by Crippen LogP contribution is 2.28. The maximum Gasteiger partial charge on any atom is 0.0852 e. The molecule has 92 valence electrons. The number of aliphatic hydroxyl groups is 2. The molecule has 0 aliphatic carbocycles. The summed E-state index contributed by atoms with van der Waals surface area (Å²) in [6, 6.07) is 3.81. The molecule has 4 N–H and O–H groups in total. The van der Waals surface area contributed by atoms with Gasteiger partial charge in [-0.3, -0.25) is 0 Å². The summed E-state index contributed by atoms with van der Waals surface area (Å²) in [4.78, 5) is 0. The Morgan fingerprint density at radius 1 is 1.47 bits per heavy atom. The second-order valence-corrected chi connectivity index (χ2v) is 5.31. The summed E-state index contributed by atoms with van der Waals surface area (Å²) in [5.41, 5.74) is 7.43. The van der Waals surface area contributed by atoms with Gasteiger partial charge in [0.1, 0.15) is 0 Å². The van der Waals surface area contributed by atoms with E-state index in [1.807, 2.05) is 12.1 Å². The fourth-order valence-electron chi connectivity index (χ4n) is 1.60. The predicted octanol–water partition coefficient (Wildman–Crippen LogP) is 1.38. The third-order valence-corrected chi connectivity index (χ3v) is 3.61. The van der Waals surface area contributed by atoms with Gasteiger partial charge >= 0.3 is 0 Å². The maximum absolute atomic E-state index is 9.73. The number of hydrogen-bond donors (Lipinski definition) is 3. The van der Waals surface area contributed by atoms with Crippen LogP contribution < -0.4 is 5.73 Å². The Balaban J connectivity index is 2.86. The molecule has 3 nitrogen and oxygen atoms in total. The standard InChI is InChI=1S/C12H17BBrNO2/c1-12(17,7-16)5-4-8-2-3-10(14)9(6-13)11(8)15/h2-3,16-17H,4-7,15H2,1H3. The smallest absolute Gasteiger partial charge is 0.0852 e. The summed E-state index contributed by atoms with van der Waals surface area (Å²) in [6.07, 6.45) is 1.44. The average molecular weight is 298 g/mol. The first kappa shape index (κ1) is 14.5. The molecule has 0 heterocycles. The van der Waals surface area contributed by atoms with Gasteiger partial charge in [-0.1, -0.05) is 28.3 Å². The molecule has 1 rings (SSSR count). The molecule has 1 atom stereocenters. The van der Waals surface area contributed by atoms with E-state index in [-0.39, 0.29) is 6.61 Å². The van der Waals surface area contributed by atoms with Crippen LogP contribution in [0.2, 0.25) is 0 Å². The molecule has 0 bridgehead atoms. The molecule has 0 fully saturated rings. The van der Waals surface area contributed by atoms with Gasteiger partial charge in [0.15, 0.2) is 0 Å². The largest absolute Gasteiger partial charge is 0.398 e. The monoisotopic (exact) mass is 297 g/mol. The third-order valence-electron chi connectivity index (χ3n) is 2.87. The van der Waals surface area contributed by atoms with Crippen molar-refractivity contribution in [3.05, 3.63) is 27.7 Å². The fourth-order valence-corrected chi connectivity index (χ4v) is 2.10. The van der Waals surface area contributed by atoms with Crippen molar-refractivity contribution in [2.24, 2.45) is 0 Å². The van der Waals surface area contributed by atoms with Crippen LogP contribution in [0.25, 0.3) is 0 Å². The van der Waals surface area contributed by atoms with Gasteiger partial charge in [0, 0.05) is 10.2 Å². The Hall–Kier alpha value is -0.515. The first-order valence-electron chi connectivity index (χ1n) is 5.50. The molecule has 2 radical (unpaired) electrons. The van der Waals surface area contributed by atoms with Gasteiger partial charge < -0.3 is 15.9 Å². The normalized spacial score (nSPS) is 14.6. The molecule has 1 aromatic carbocycles. The quantitative estimate of drug-likeness (QED) is 0.568. The Bertz CT molecular complexity index is 396. The zero-order valence-electron chi connectivity index (χ0n) is 9.91. The lowest BCUT2D eigenvalue weighted by Gasteiger charge is -2.21. The van der Waals surface area contributed by atoms with Crippen molar-refractivity contribution < 1.29 is 10.2 Å². The van der Waals surface area contributed by atoms with Crippen LogP contribution in [0.5, 0.6) is 0 Å². The second-order valence-electron chi connectivity index (χ2n) is 4.46. The predicted molar refractivity (Wildman–Crippen MR) is 74.0 cm³/mol. The molecule has 0 aliphatic rings. The zero-order valence-corrected chi connectivity index (χ0v) is 11.5. The Kier molecular flexibility index (Phi) is 5.04. The molecule has 0 amide bonds. The van der Waals surface area contributed by atoms with E-state index in [0.29, 0.717) is 24.8 Å². The van der Waals surface area contributed by atoms with Crippen LogP contribution >= 0.6 is 15.9 Å². The molecule has 1 unspecified atom stereocenters. The van der Waals surface area contributed by atoms with Crippen molar-refractivity contribution in [1.82, 2.24) is 0 Å². The van der Waals surface area contributed by atoms with E-state index < -0.39 is 5.60 Å². The van der Waals surface area contributed by atoms with E-state index in [4.69, 9.17) is 18.7 Å². The molecule has 1 aromatic rings. The van der Waals surface area contributed by atoms with Crippen LogP contribution in [0.3, 0.4) is 0 Å². The fraction of sp³-hybridized carbons (Fsp3) is 0.500. The first-order valence-corrected chi connectivity index (χ1v) is 6.29. The van der Waals surface area contributed by atoms with E-state index in [1.54, 1.807) is 6.92 Å². The molecule has 0 aromatic heterocycles. The summed E-state index contributed by atoms with van der Waals surface area (Å²) in [7, 11) is 5.63. The lowest BCUT2D eigenvalue weighted by atomic mass is 9.91. The van der Waals surface area contributed by atoms with E-state index in [2.05, 4.69) is 15.9 Å². The number of rotatable bonds is 5. The molecule has 5 heteroatoms. The van der Waals surface area contributed by atoms with Crippen LogP contribution in [0, 0.1) is 0 Å². The van der Waals surface area contributed by atoms with Crippen LogP contribution in [-0.2, 0) is 12.7 Å². The van der Waals surface area contributed by atoms with Crippen LogP contribution in [0.4, 0.5) is 5.69 Å². The van der Waals surface area contributed by atoms with E-state index in [1.165, 1.54) is 0 Å². The Morgan fingerprint density at radius 2 is 2.12 bits per heavy atom. The molecule has 17 heavy (non-hydrogen) atoms. The topological polar surface area (TPSA) is 66.5 Å². The minimum Gasteiger partial charge on any atom is -0.398 e. The summed E-state index contributed by atoms with van der Waals surface area (Å²) in [5, 5.41) is 18.7. The molecular formula is C12H17BBrNO2. The van der Waals surface area contributed by atoms with Crippen LogP contribution in [0.1, 0.15) is 24.5 Å². The van der Waals surface area contributed by atoms with Gasteiger partial charge in [-0.15, -0.1) is 0 Å². The molecular weight excluding hydrogens is 281 g/mol. The summed E-state index contributed by atoms with van der Waals surface area (Å²) in [5.74, 6) is 0. The number of hydrogen-bond acceptors (Lipinski definition) is 3. The van der Waals surface area contributed by atoms with Gasteiger partial charge in [-0.25, -0.2) is 0 Å². The van der Waals surface area contributed by atoms with Crippen molar-refractivity contribution >= 4 is 29.5 Å². The number of aliphatic hydroxyl groups excluding tert-OH is 1. The van der Waals surface area contributed by atoms with Crippen molar-refractivity contribution in [3.8, 4) is 0 Å². The van der Waals surface area contributed by atoms with Gasteiger partial charge in [-0.05, 0) is 37.0 Å². The Labute approximate surface area is 112 Å². The van der Waals surface area contributed by atoms with Gasteiger partial charge in [-0.2, -0.15) is 0 Å². The maximum atomic E-state index is 9.73. The molecule has 0 saturated heterocycles. The molecule has 0 saturated carbocycles. The number of nitrogen functional groups attached to an aromatic ring is 1. The summed E-state index contributed by atoms with van der Waals surface area (Å²) >= 11 is 3.40. The van der Waals surface area contributed by atoms with E-state index in [0.717, 1.165) is 15.6 Å². The summed E-state index contributed by atoms with van der Waals surface area (Å²) in [6.45, 7) is 1.35. The lowest BCUT2D eigenvalue weighted by Crippen LogP contribution is -2.29. The molecule has 0 spiro atoms. The highest BCUT2D eigenvalue weighted by Gasteiger charge is 2.19. The molecule has 0 aliphatic heterocycles. The Morgan fingerprint density at radius 3 is 2.65 bits per heavy atom. The third kappa shape index (κ3) is 3.73. The lowest BCUT2D eigenvalue weighted by molar-refractivity contribution is -0.00471. The summed E-state index contributed by atoms with van der Waals surface area (Å²) < 4.78 is 0.898. The number of anilines is 1. The number of aryl methyl sites for hydroxylation is 1. The van der Waals surface area contributed by atoms with Crippen molar-refractivity contribution in [1.29, 1.82) is 0 Å². The average Bonchev–Trinajstić information content (AvgIpc) is 2.29.